The first kappa shape index (κ1) is 22.4. The molecule has 0 aliphatic heterocycles. The van der Waals surface area contributed by atoms with E-state index in [0.717, 1.165) is 0 Å². The number of hydrogen-bond acceptors (Lipinski definition) is 5. The number of hydrogen-bond donors (Lipinski definition) is 0. The van der Waals surface area contributed by atoms with E-state index in [1.165, 1.54) is 0 Å². The predicted molar refractivity (Wildman–Crippen MR) is 15.4 cm³/mol. The van der Waals surface area contributed by atoms with Gasteiger partial charge in [0.15, 0.2) is 0 Å². The van der Waals surface area contributed by atoms with Crippen LogP contribution < -0.4 is 51.4 Å². The molecule has 0 fully saturated rings. The Morgan fingerprint density at radius 1 is 1.22 bits per heavy atom. The van der Waals surface area contributed by atoms with Gasteiger partial charge in [-0.25, -0.2) is 0 Å². The van der Waals surface area contributed by atoms with Crippen LogP contribution in [0.3, 0.4) is 0 Å². The molecular formula is CFeKNO4S. The fraction of sp³-hybridized carbons (Fsp3) is 0. The third kappa shape index (κ3) is 234. The Bertz CT molecular complexity index is 132. The molecule has 0 spiro atoms. The summed E-state index contributed by atoms with van der Waals surface area (Å²) in [5.41, 5.74) is 0. The Balaban J connectivity index is -0.0000000286. The Hall–Kier alpha value is 1.52. The van der Waals surface area contributed by atoms with Crippen LogP contribution in [0.2, 0.25) is 0 Å². The van der Waals surface area contributed by atoms with Crippen molar-refractivity contribution in [3.63, 3.8) is 0 Å². The monoisotopic (exact) mass is 217 g/mol. The Labute approximate surface area is 106 Å². The molecule has 0 N–H and O–H groups in total. The summed E-state index contributed by atoms with van der Waals surface area (Å²) in [7, 11) is -5.17. The second-order valence-electron chi connectivity index (χ2n) is 0.408. The van der Waals surface area contributed by atoms with Crippen LogP contribution in [0.25, 0.3) is 0 Å². The SMILES string of the molecule is O=S(=O)([O-])[O-].[C-]#N.[Fe+2].[K+]. The van der Waals surface area contributed by atoms with Gasteiger partial charge in [0.25, 0.3) is 0 Å². The molecule has 0 unspecified atom stereocenters. The van der Waals surface area contributed by atoms with Gasteiger partial charge >= 0.3 is 68.5 Å². The van der Waals surface area contributed by atoms with Crippen molar-refractivity contribution in [2.24, 2.45) is 0 Å². The van der Waals surface area contributed by atoms with Crippen LogP contribution in [-0.4, -0.2) is 17.5 Å². The molecular weight excluding hydrogens is 217 g/mol. The van der Waals surface area contributed by atoms with Crippen LogP contribution >= 0.6 is 0 Å². The van der Waals surface area contributed by atoms with Gasteiger partial charge in [0, 0.05) is 10.4 Å². The zero-order valence-corrected chi connectivity index (χ0v) is 9.39. The molecule has 0 radical (unpaired) electrons. The molecule has 0 aromatic carbocycles. The molecule has 0 heterocycles. The topological polar surface area (TPSA) is 104 Å². The molecule has 48 valence electrons. The second kappa shape index (κ2) is 12.2. The van der Waals surface area contributed by atoms with Crippen molar-refractivity contribution >= 4 is 10.4 Å². The molecule has 0 aromatic heterocycles. The molecule has 9 heavy (non-hydrogen) atoms. The van der Waals surface area contributed by atoms with Crippen LogP contribution in [0.15, 0.2) is 0 Å². The largest absolute Gasteiger partial charge is 2.00 e. The third-order valence-electron chi connectivity index (χ3n) is 0. The molecule has 0 aliphatic rings. The van der Waals surface area contributed by atoms with E-state index in [9.17, 15) is 0 Å². The van der Waals surface area contributed by atoms with Crippen molar-refractivity contribution in [1.82, 2.24) is 0 Å². The van der Waals surface area contributed by atoms with Crippen molar-refractivity contribution in [3.05, 3.63) is 6.57 Å². The minimum Gasteiger partial charge on any atom is -0.759 e. The average molecular weight is 217 g/mol. The van der Waals surface area contributed by atoms with Crippen LogP contribution in [-0.2, 0) is 27.5 Å². The Morgan fingerprint density at radius 2 is 1.22 bits per heavy atom. The fourth-order valence-corrected chi connectivity index (χ4v) is 0. The summed E-state index contributed by atoms with van der Waals surface area (Å²) in [5, 5.41) is 6.25. The molecule has 0 atom stereocenters. The van der Waals surface area contributed by atoms with Gasteiger partial charge < -0.3 is 20.9 Å². The van der Waals surface area contributed by atoms with Crippen molar-refractivity contribution < 1.29 is 86.0 Å². The normalized spacial score (nSPS) is 6.67. The Kier molecular flexibility index (Phi) is 30.4. The van der Waals surface area contributed by atoms with Gasteiger partial charge in [0.1, 0.15) is 0 Å². The van der Waals surface area contributed by atoms with Crippen molar-refractivity contribution in [2.75, 3.05) is 0 Å². The summed E-state index contributed by atoms with van der Waals surface area (Å²) in [6.07, 6.45) is 0. The zero-order valence-electron chi connectivity index (χ0n) is 4.34. The number of nitrogens with zero attached hydrogens (tertiary/aromatic N) is 1. The third-order valence-corrected chi connectivity index (χ3v) is 0. The predicted octanol–water partition coefficient (Wildman–Crippen LogP) is -4.24. The summed E-state index contributed by atoms with van der Waals surface area (Å²) >= 11 is 0. The molecule has 0 bridgehead atoms. The molecule has 0 rings (SSSR count). The summed E-state index contributed by atoms with van der Waals surface area (Å²) in [5.74, 6) is 0. The smallest absolute Gasteiger partial charge is 0.759 e. The van der Waals surface area contributed by atoms with Crippen LogP contribution in [0, 0.1) is 11.8 Å². The minimum atomic E-state index is -5.17. The zero-order chi connectivity index (χ0) is 6.50. The second-order valence-corrected chi connectivity index (χ2v) is 1.22. The fourth-order valence-electron chi connectivity index (χ4n) is 0. The molecule has 0 amide bonds. The van der Waals surface area contributed by atoms with E-state index in [4.69, 9.17) is 29.4 Å². The molecule has 0 saturated carbocycles. The maximum atomic E-state index is 8.52. The van der Waals surface area contributed by atoms with Gasteiger partial charge in [0.05, 0.1) is 0 Å². The van der Waals surface area contributed by atoms with Crippen molar-refractivity contribution in [1.29, 1.82) is 5.26 Å². The quantitative estimate of drug-likeness (QED) is 0.177. The molecule has 0 saturated heterocycles. The molecule has 5 nitrogen and oxygen atoms in total. The maximum absolute atomic E-state index is 8.52. The van der Waals surface area contributed by atoms with E-state index in [1.54, 1.807) is 0 Å². The van der Waals surface area contributed by atoms with Gasteiger partial charge in [-0.1, -0.05) is 0 Å². The van der Waals surface area contributed by atoms with E-state index in [2.05, 4.69) is 0 Å². The van der Waals surface area contributed by atoms with E-state index in [0.29, 0.717) is 0 Å². The van der Waals surface area contributed by atoms with E-state index in [-0.39, 0.29) is 68.5 Å². The first-order valence-electron chi connectivity index (χ1n) is 0.890. The van der Waals surface area contributed by atoms with E-state index in [1.807, 2.05) is 0 Å². The average Bonchev–Trinajstić information content (AvgIpc) is 1.36. The van der Waals surface area contributed by atoms with Gasteiger partial charge in [-0.3, -0.25) is 8.42 Å². The number of rotatable bonds is 0. The van der Waals surface area contributed by atoms with E-state index < -0.39 is 10.4 Å². The molecule has 8 heteroatoms. The van der Waals surface area contributed by atoms with Crippen molar-refractivity contribution in [2.45, 2.75) is 0 Å². The minimum absolute atomic E-state index is 0. The standard InChI is InChI=1S/CN.Fe.K.H2O4S/c1-2;;;1-5(2,3)4/h;;;(H2,1,2,3,4)/q-1;+2;+1;/p-2. The van der Waals surface area contributed by atoms with E-state index >= 15 is 0 Å². The summed E-state index contributed by atoms with van der Waals surface area (Å²) in [4.78, 5) is 0. The summed E-state index contributed by atoms with van der Waals surface area (Å²) < 4.78 is 34.1. The van der Waals surface area contributed by atoms with Gasteiger partial charge in [-0.2, -0.15) is 0 Å². The summed E-state index contributed by atoms with van der Waals surface area (Å²) in [6.45, 7) is 4.75. The maximum Gasteiger partial charge on any atom is 2.00 e. The van der Waals surface area contributed by atoms with Gasteiger partial charge in [0.2, 0.25) is 0 Å². The van der Waals surface area contributed by atoms with Crippen LogP contribution in [0.1, 0.15) is 0 Å². The van der Waals surface area contributed by atoms with Gasteiger partial charge in [-0.15, -0.1) is 0 Å². The first-order chi connectivity index (χ1) is 3.00. The molecule has 0 aromatic rings. The van der Waals surface area contributed by atoms with Gasteiger partial charge in [-0.05, 0) is 0 Å². The van der Waals surface area contributed by atoms with Crippen molar-refractivity contribution in [3.8, 4) is 0 Å². The van der Waals surface area contributed by atoms with Crippen LogP contribution in [0.5, 0.6) is 0 Å². The summed E-state index contributed by atoms with van der Waals surface area (Å²) in [6, 6.07) is 0. The first-order valence-corrected chi connectivity index (χ1v) is 2.22. The molecule has 0 aliphatic carbocycles. The van der Waals surface area contributed by atoms with Crippen LogP contribution in [0.4, 0.5) is 0 Å². The Morgan fingerprint density at radius 3 is 1.22 bits per heavy atom.